The molecule has 0 aliphatic heterocycles. The molecule has 0 saturated carbocycles. The van der Waals surface area contributed by atoms with Gasteiger partial charge in [-0.3, -0.25) is 4.79 Å². The number of carbonyl (C=O) groups is 1. The minimum atomic E-state index is -3.86. The Bertz CT molecular complexity index is 195. The van der Waals surface area contributed by atoms with Crippen LogP contribution in [0.3, 0.4) is 0 Å². The number of carbonyl (C=O) groups excluding carboxylic acids is 1. The molecule has 6 heteroatoms. The zero-order chi connectivity index (χ0) is 10.8. The van der Waals surface area contributed by atoms with Crippen molar-refractivity contribution in [3.05, 3.63) is 0 Å². The van der Waals surface area contributed by atoms with Crippen molar-refractivity contribution >= 4 is 6.26 Å². The standard InChI is InChI=1S/C6H11FO5/c1-3(9)4(10)5(11)6(7,12)2-8/h2-5,9-12H,1H3/t3-,4-,5+,6+/m1/s1/i2D. The van der Waals surface area contributed by atoms with Gasteiger partial charge >= 0.3 is 0 Å². The second kappa shape index (κ2) is 3.90. The molecule has 0 radical (unpaired) electrons. The normalized spacial score (nSPS) is 25.0. The van der Waals surface area contributed by atoms with Gasteiger partial charge in [-0.2, -0.15) is 0 Å². The topological polar surface area (TPSA) is 98.0 Å². The van der Waals surface area contributed by atoms with E-state index in [9.17, 15) is 9.18 Å². The smallest absolute Gasteiger partial charge is 0.291 e. The Morgan fingerprint density at radius 2 is 2.00 bits per heavy atom. The average molecular weight is 183 g/mol. The molecule has 4 N–H and O–H groups in total. The minimum Gasteiger partial charge on any atom is -0.391 e. The van der Waals surface area contributed by atoms with Gasteiger partial charge < -0.3 is 20.4 Å². The highest BCUT2D eigenvalue weighted by Gasteiger charge is 2.41. The summed E-state index contributed by atoms with van der Waals surface area (Å²) in [7, 11) is 0. The van der Waals surface area contributed by atoms with Crippen LogP contribution in [-0.2, 0) is 4.79 Å². The summed E-state index contributed by atoms with van der Waals surface area (Å²) in [6.45, 7) is 1.03. The fourth-order valence-electron chi connectivity index (χ4n) is 0.550. The number of aldehydes is 1. The van der Waals surface area contributed by atoms with Crippen LogP contribution in [0.4, 0.5) is 4.39 Å². The zero-order valence-electron chi connectivity index (χ0n) is 7.31. The van der Waals surface area contributed by atoms with Gasteiger partial charge in [0, 0.05) is 0 Å². The van der Waals surface area contributed by atoms with Crippen molar-refractivity contribution in [1.29, 1.82) is 0 Å². The zero-order valence-corrected chi connectivity index (χ0v) is 6.31. The molecule has 0 aromatic rings. The molecule has 0 rings (SSSR count). The van der Waals surface area contributed by atoms with E-state index >= 15 is 0 Å². The predicted molar refractivity (Wildman–Crippen MR) is 35.8 cm³/mol. The van der Waals surface area contributed by atoms with Crippen molar-refractivity contribution in [2.75, 3.05) is 0 Å². The van der Waals surface area contributed by atoms with Crippen LogP contribution >= 0.6 is 0 Å². The monoisotopic (exact) mass is 183 g/mol. The van der Waals surface area contributed by atoms with Gasteiger partial charge in [-0.25, -0.2) is 4.39 Å². The molecule has 0 spiro atoms. The Hall–Kier alpha value is -0.560. The van der Waals surface area contributed by atoms with Gasteiger partial charge in [0.25, 0.3) is 5.85 Å². The summed E-state index contributed by atoms with van der Waals surface area (Å²) in [5, 5.41) is 34.9. The number of aliphatic hydroxyl groups excluding tert-OH is 3. The Morgan fingerprint density at radius 3 is 2.25 bits per heavy atom. The molecular weight excluding hydrogens is 171 g/mol. The van der Waals surface area contributed by atoms with Crippen molar-refractivity contribution in [1.82, 2.24) is 0 Å². The number of alkyl halides is 1. The molecule has 0 aliphatic rings. The van der Waals surface area contributed by atoms with Gasteiger partial charge in [-0.15, -0.1) is 0 Å². The van der Waals surface area contributed by atoms with Crippen LogP contribution in [0.1, 0.15) is 8.29 Å². The summed E-state index contributed by atoms with van der Waals surface area (Å²) in [5.74, 6) is -3.86. The quantitative estimate of drug-likeness (QED) is 0.376. The van der Waals surface area contributed by atoms with Crippen LogP contribution in [-0.4, -0.2) is 50.9 Å². The summed E-state index contributed by atoms with van der Waals surface area (Å²) < 4.78 is 18.9. The number of aliphatic hydroxyl groups is 4. The molecule has 0 aromatic heterocycles. The first-order valence-corrected chi connectivity index (χ1v) is 3.17. The van der Waals surface area contributed by atoms with E-state index in [0.29, 0.717) is 0 Å². The number of hydrogen-bond donors (Lipinski definition) is 4. The van der Waals surface area contributed by atoms with Crippen LogP contribution < -0.4 is 0 Å². The first kappa shape index (κ1) is 9.53. The largest absolute Gasteiger partial charge is 0.391 e. The Kier molecular flexibility index (Phi) is 3.10. The third-order valence-electron chi connectivity index (χ3n) is 1.35. The Balaban J connectivity index is 4.58. The molecule has 0 aliphatic carbocycles. The second-order valence-corrected chi connectivity index (χ2v) is 2.45. The number of rotatable bonds is 4. The van der Waals surface area contributed by atoms with Crippen LogP contribution in [0.5, 0.6) is 0 Å². The first-order valence-electron chi connectivity index (χ1n) is 3.67. The molecule has 72 valence electrons. The van der Waals surface area contributed by atoms with E-state index in [1.54, 1.807) is 0 Å². The highest BCUT2D eigenvalue weighted by molar-refractivity contribution is 5.60. The fraction of sp³-hybridized carbons (Fsp3) is 0.833. The van der Waals surface area contributed by atoms with Gasteiger partial charge in [0.05, 0.1) is 6.10 Å². The molecule has 12 heavy (non-hydrogen) atoms. The minimum absolute atomic E-state index is 1.03. The van der Waals surface area contributed by atoms with Crippen molar-refractivity contribution < 1.29 is 31.0 Å². The lowest BCUT2D eigenvalue weighted by molar-refractivity contribution is -0.201. The van der Waals surface area contributed by atoms with E-state index in [0.717, 1.165) is 6.92 Å². The van der Waals surface area contributed by atoms with E-state index in [1.165, 1.54) is 0 Å². The molecular formula is C6H11FO5. The van der Waals surface area contributed by atoms with Gasteiger partial charge in [0.15, 0.2) is 6.26 Å². The van der Waals surface area contributed by atoms with E-state index < -0.39 is 30.4 Å². The molecule has 0 fully saturated rings. The van der Waals surface area contributed by atoms with Crippen molar-refractivity contribution in [2.45, 2.75) is 31.1 Å². The Labute approximate surface area is 69.5 Å². The van der Waals surface area contributed by atoms with Crippen LogP contribution in [0.2, 0.25) is 0 Å². The van der Waals surface area contributed by atoms with Gasteiger partial charge in [0.1, 0.15) is 13.6 Å². The van der Waals surface area contributed by atoms with Crippen LogP contribution in [0, 0.1) is 0 Å². The van der Waals surface area contributed by atoms with E-state index in [4.69, 9.17) is 21.8 Å². The van der Waals surface area contributed by atoms with Gasteiger partial charge in [-0.1, -0.05) is 0 Å². The van der Waals surface area contributed by atoms with E-state index in [1.807, 2.05) is 0 Å². The SMILES string of the molecule is [2H]C(=O)[C@@](O)(F)[C@@H](O)[C@H](O)[C@@H](C)O. The maximum atomic E-state index is 12.7. The van der Waals surface area contributed by atoms with Crippen LogP contribution in [0.25, 0.3) is 0 Å². The molecule has 0 aromatic carbocycles. The maximum Gasteiger partial charge on any atom is 0.291 e. The fourth-order valence-corrected chi connectivity index (χ4v) is 0.550. The summed E-state index contributed by atoms with van der Waals surface area (Å²) in [6, 6.07) is 0. The maximum absolute atomic E-state index is 12.7. The van der Waals surface area contributed by atoms with Gasteiger partial charge in [0.2, 0.25) is 0 Å². The second-order valence-electron chi connectivity index (χ2n) is 2.45. The lowest BCUT2D eigenvalue weighted by Gasteiger charge is -2.25. The third kappa shape index (κ3) is 2.49. The molecule has 0 amide bonds. The lowest BCUT2D eigenvalue weighted by atomic mass is 10.0. The molecule has 5 nitrogen and oxygen atoms in total. The predicted octanol–water partition coefficient (Wildman–Crippen LogP) is -2.05. The summed E-state index contributed by atoms with van der Waals surface area (Å²) in [6.07, 6.45) is -8.20. The van der Waals surface area contributed by atoms with Crippen molar-refractivity contribution in [3.63, 3.8) is 0 Å². The molecule has 0 bridgehead atoms. The summed E-state index contributed by atoms with van der Waals surface area (Å²) in [4.78, 5) is 10.1. The summed E-state index contributed by atoms with van der Waals surface area (Å²) in [5.41, 5.74) is 0. The van der Waals surface area contributed by atoms with Crippen molar-refractivity contribution in [2.24, 2.45) is 0 Å². The molecule has 0 saturated heterocycles. The highest BCUT2D eigenvalue weighted by Crippen LogP contribution is 2.14. The Morgan fingerprint density at radius 1 is 1.58 bits per heavy atom. The highest BCUT2D eigenvalue weighted by atomic mass is 19.2. The number of hydrogen-bond acceptors (Lipinski definition) is 5. The van der Waals surface area contributed by atoms with E-state index in [2.05, 4.69) is 0 Å². The molecule has 0 heterocycles. The third-order valence-corrected chi connectivity index (χ3v) is 1.35. The van der Waals surface area contributed by atoms with Crippen LogP contribution in [0.15, 0.2) is 0 Å². The lowest BCUT2D eigenvalue weighted by Crippen LogP contribution is -2.50. The van der Waals surface area contributed by atoms with E-state index in [-0.39, 0.29) is 0 Å². The van der Waals surface area contributed by atoms with Crippen molar-refractivity contribution in [3.8, 4) is 0 Å². The van der Waals surface area contributed by atoms with Gasteiger partial charge in [-0.05, 0) is 6.92 Å². The number of halogens is 1. The summed E-state index contributed by atoms with van der Waals surface area (Å²) >= 11 is 0. The first-order chi connectivity index (χ1) is 5.71. The molecule has 0 unspecified atom stereocenters. The average Bonchev–Trinajstić information content (AvgIpc) is 2.01. The molecule has 4 atom stereocenters.